The van der Waals surface area contributed by atoms with Crippen LogP contribution in [0.4, 0.5) is 18.9 Å². The number of rotatable bonds is 8. The predicted molar refractivity (Wildman–Crippen MR) is 79.6 cm³/mol. The third-order valence-electron chi connectivity index (χ3n) is 2.57. The maximum absolute atomic E-state index is 12.3. The molecule has 0 amide bonds. The number of hydrogen-bond acceptors (Lipinski definition) is 3. The minimum atomic E-state index is -4.72. The number of ether oxygens (including phenoxy) is 2. The maximum Gasteiger partial charge on any atom is 0.573 e. The van der Waals surface area contributed by atoms with Crippen LogP contribution < -0.4 is 10.1 Å². The summed E-state index contributed by atoms with van der Waals surface area (Å²) in [6.07, 6.45) is -3.76. The van der Waals surface area contributed by atoms with Crippen LogP contribution in [0.2, 0.25) is 0 Å². The zero-order valence-corrected chi connectivity index (χ0v) is 13.6. The van der Waals surface area contributed by atoms with Gasteiger partial charge in [-0.1, -0.05) is 29.8 Å². The van der Waals surface area contributed by atoms with Crippen molar-refractivity contribution >= 4 is 21.6 Å². The summed E-state index contributed by atoms with van der Waals surface area (Å²) in [5, 5.41) is 2.88. The first-order valence-corrected chi connectivity index (χ1v) is 7.44. The molecule has 1 N–H and O–H groups in total. The van der Waals surface area contributed by atoms with Crippen molar-refractivity contribution in [3.8, 4) is 5.75 Å². The molecule has 0 aromatic heterocycles. The average molecular weight is 370 g/mol. The number of anilines is 1. The van der Waals surface area contributed by atoms with E-state index in [2.05, 4.69) is 39.8 Å². The Morgan fingerprint density at radius 3 is 2.57 bits per heavy atom. The summed E-state index contributed by atoms with van der Waals surface area (Å²) in [7, 11) is 0. The van der Waals surface area contributed by atoms with E-state index in [-0.39, 0.29) is 11.4 Å². The van der Waals surface area contributed by atoms with Crippen molar-refractivity contribution < 1.29 is 22.6 Å². The third-order valence-corrected chi connectivity index (χ3v) is 3.06. The van der Waals surface area contributed by atoms with Gasteiger partial charge in [-0.3, -0.25) is 0 Å². The largest absolute Gasteiger partial charge is 0.573 e. The zero-order valence-electron chi connectivity index (χ0n) is 12.0. The molecule has 0 spiro atoms. The Bertz CT molecular complexity index is 439. The van der Waals surface area contributed by atoms with Crippen molar-refractivity contribution in [2.75, 3.05) is 25.1 Å². The van der Waals surface area contributed by atoms with Crippen molar-refractivity contribution in [2.45, 2.75) is 26.6 Å². The summed E-state index contributed by atoms with van der Waals surface area (Å²) in [5.41, 5.74) is 0.281. The molecule has 0 aliphatic heterocycles. The minimum Gasteiger partial charge on any atom is -0.404 e. The highest BCUT2D eigenvalue weighted by Gasteiger charge is 2.32. The lowest BCUT2D eigenvalue weighted by molar-refractivity contribution is -0.274. The maximum atomic E-state index is 12.3. The minimum absolute atomic E-state index is 0.265. The van der Waals surface area contributed by atoms with Gasteiger partial charge in [0.2, 0.25) is 0 Å². The molecule has 1 rings (SSSR count). The molecule has 1 aromatic carbocycles. The van der Waals surface area contributed by atoms with E-state index in [1.165, 1.54) is 12.1 Å². The lowest BCUT2D eigenvalue weighted by Crippen LogP contribution is -2.19. The molecule has 1 aromatic rings. The Hall–Kier alpha value is -0.950. The normalized spacial score (nSPS) is 11.8. The summed E-state index contributed by atoms with van der Waals surface area (Å²) in [4.78, 5) is 0. The first-order valence-electron chi connectivity index (χ1n) is 6.65. The summed E-state index contributed by atoms with van der Waals surface area (Å²) in [6.45, 7) is 5.68. The smallest absolute Gasteiger partial charge is 0.404 e. The van der Waals surface area contributed by atoms with Crippen LogP contribution in [0.5, 0.6) is 5.75 Å². The lowest BCUT2D eigenvalue weighted by Gasteiger charge is -2.15. The Balaban J connectivity index is 2.47. The fourth-order valence-electron chi connectivity index (χ4n) is 1.53. The second-order valence-electron chi connectivity index (χ2n) is 4.91. The van der Waals surface area contributed by atoms with Crippen LogP contribution in [-0.2, 0) is 4.74 Å². The predicted octanol–water partition coefficient (Wildman–Crippen LogP) is 4.82. The van der Waals surface area contributed by atoms with Gasteiger partial charge in [-0.15, -0.1) is 13.2 Å². The van der Waals surface area contributed by atoms with Crippen molar-refractivity contribution in [2.24, 2.45) is 5.92 Å². The molecular weight excluding hydrogens is 351 g/mol. The van der Waals surface area contributed by atoms with Crippen LogP contribution >= 0.6 is 15.9 Å². The van der Waals surface area contributed by atoms with Crippen molar-refractivity contribution in [1.29, 1.82) is 0 Å². The van der Waals surface area contributed by atoms with Crippen LogP contribution in [0.3, 0.4) is 0 Å². The highest BCUT2D eigenvalue weighted by molar-refractivity contribution is 9.10. The first kappa shape index (κ1) is 18.1. The van der Waals surface area contributed by atoms with Crippen molar-refractivity contribution in [3.05, 3.63) is 22.7 Å². The first-order chi connectivity index (χ1) is 9.78. The molecule has 0 saturated carbocycles. The average Bonchev–Trinajstić information content (AvgIpc) is 2.33. The van der Waals surface area contributed by atoms with E-state index in [1.54, 1.807) is 6.07 Å². The molecule has 120 valence electrons. The molecule has 0 radical (unpaired) electrons. The third kappa shape index (κ3) is 8.16. The number of halogens is 4. The highest BCUT2D eigenvalue weighted by atomic mass is 79.9. The molecule has 3 nitrogen and oxygen atoms in total. The fraction of sp³-hybridized carbons (Fsp3) is 0.571. The Morgan fingerprint density at radius 2 is 1.95 bits per heavy atom. The Morgan fingerprint density at radius 1 is 1.24 bits per heavy atom. The number of alkyl halides is 3. The monoisotopic (exact) mass is 369 g/mol. The topological polar surface area (TPSA) is 30.5 Å². The summed E-state index contributed by atoms with van der Waals surface area (Å²) in [6, 6.07) is 4.44. The van der Waals surface area contributed by atoms with Gasteiger partial charge in [-0.2, -0.15) is 0 Å². The second-order valence-corrected chi connectivity index (χ2v) is 5.83. The van der Waals surface area contributed by atoms with E-state index in [4.69, 9.17) is 4.74 Å². The van der Waals surface area contributed by atoms with E-state index in [0.717, 1.165) is 6.42 Å². The van der Waals surface area contributed by atoms with Gasteiger partial charge in [0, 0.05) is 17.6 Å². The molecule has 0 fully saturated rings. The molecule has 21 heavy (non-hydrogen) atoms. The van der Waals surface area contributed by atoms with Gasteiger partial charge in [-0.25, -0.2) is 0 Å². The van der Waals surface area contributed by atoms with Crippen molar-refractivity contribution in [3.63, 3.8) is 0 Å². The molecule has 7 heteroatoms. The highest BCUT2D eigenvalue weighted by Crippen LogP contribution is 2.32. The van der Waals surface area contributed by atoms with Gasteiger partial charge >= 0.3 is 6.36 Å². The van der Waals surface area contributed by atoms with Gasteiger partial charge in [0.15, 0.2) is 5.75 Å². The van der Waals surface area contributed by atoms with E-state index >= 15 is 0 Å². The molecule has 0 saturated heterocycles. The molecule has 0 heterocycles. The fourth-order valence-corrected chi connectivity index (χ4v) is 1.87. The number of benzene rings is 1. The van der Waals surface area contributed by atoms with E-state index in [1.807, 2.05) is 0 Å². The van der Waals surface area contributed by atoms with Crippen molar-refractivity contribution in [1.82, 2.24) is 0 Å². The summed E-state index contributed by atoms with van der Waals surface area (Å²) in [5.74, 6) is 0.301. The van der Waals surface area contributed by atoms with Crippen LogP contribution in [0.1, 0.15) is 20.3 Å². The van der Waals surface area contributed by atoms with Gasteiger partial charge in [0.05, 0.1) is 12.3 Å². The lowest BCUT2D eigenvalue weighted by atomic mass is 10.1. The van der Waals surface area contributed by atoms with Gasteiger partial charge in [-0.05, 0) is 30.5 Å². The van der Waals surface area contributed by atoms with Gasteiger partial charge in [0.25, 0.3) is 0 Å². The zero-order chi connectivity index (χ0) is 15.9. The molecular formula is C14H19BrF3NO2. The molecule has 0 atom stereocenters. The summed E-state index contributed by atoms with van der Waals surface area (Å²) < 4.78 is 46.9. The summed E-state index contributed by atoms with van der Waals surface area (Å²) >= 11 is 3.12. The standard InChI is InChI=1S/C14H19BrF3NO2/c1-10(2)5-7-20-8-6-19-12-4-3-11(15)9-13(12)21-14(16,17)18/h3-4,9-10,19H,5-8H2,1-2H3. The quantitative estimate of drug-likeness (QED) is 0.666. The molecule has 0 bridgehead atoms. The van der Waals surface area contributed by atoms with Gasteiger partial charge < -0.3 is 14.8 Å². The van der Waals surface area contributed by atoms with Crippen LogP contribution in [-0.4, -0.2) is 26.1 Å². The van der Waals surface area contributed by atoms with E-state index < -0.39 is 6.36 Å². The molecule has 0 aliphatic carbocycles. The number of hydrogen-bond donors (Lipinski definition) is 1. The van der Waals surface area contributed by atoms with E-state index in [9.17, 15) is 13.2 Å². The van der Waals surface area contributed by atoms with Crippen LogP contribution in [0.15, 0.2) is 22.7 Å². The van der Waals surface area contributed by atoms with E-state index in [0.29, 0.717) is 30.1 Å². The number of nitrogens with one attached hydrogen (secondary N) is 1. The Kier molecular flexibility index (Phi) is 7.31. The molecule has 0 unspecified atom stereocenters. The van der Waals surface area contributed by atoms with Crippen LogP contribution in [0, 0.1) is 5.92 Å². The molecule has 0 aliphatic rings. The Labute approximate surface area is 130 Å². The SMILES string of the molecule is CC(C)CCOCCNc1ccc(Br)cc1OC(F)(F)F. The van der Waals surface area contributed by atoms with Gasteiger partial charge in [0.1, 0.15) is 0 Å². The van der Waals surface area contributed by atoms with Crippen LogP contribution in [0.25, 0.3) is 0 Å². The second kappa shape index (κ2) is 8.48.